The fourth-order valence-electron chi connectivity index (χ4n) is 3.52. The van der Waals surface area contributed by atoms with Gasteiger partial charge in [0, 0.05) is 24.5 Å². The van der Waals surface area contributed by atoms with E-state index in [-0.39, 0.29) is 23.4 Å². The summed E-state index contributed by atoms with van der Waals surface area (Å²) < 4.78 is 29.6. The van der Waals surface area contributed by atoms with Crippen LogP contribution in [0, 0.1) is 30.6 Å². The lowest BCUT2D eigenvalue weighted by Crippen LogP contribution is -2.49. The third-order valence-electron chi connectivity index (χ3n) is 5.32. The lowest BCUT2D eigenvalue weighted by atomic mass is 9.92. The van der Waals surface area contributed by atoms with E-state index in [0.29, 0.717) is 16.8 Å². The van der Waals surface area contributed by atoms with Crippen molar-refractivity contribution in [2.75, 3.05) is 5.32 Å². The first-order valence-electron chi connectivity index (χ1n) is 9.23. The van der Waals surface area contributed by atoms with E-state index < -0.39 is 27.6 Å². The van der Waals surface area contributed by atoms with Crippen LogP contribution in [0.5, 0.6) is 0 Å². The SMILES string of the molecule is C#C[C@](C)(O)[C@H]1CCc2c(cn(C)c2C(=O)Nc2ccc(C)c(C#N)c2)S(=O)(=O)N1. The number of fused-ring (bicyclic) bond motifs is 1. The molecule has 1 aliphatic rings. The number of anilines is 1. The average Bonchev–Trinajstić information content (AvgIpc) is 2.97. The van der Waals surface area contributed by atoms with E-state index in [4.69, 9.17) is 6.42 Å². The number of aliphatic hydroxyl groups is 1. The van der Waals surface area contributed by atoms with E-state index in [9.17, 15) is 23.6 Å². The molecule has 0 saturated heterocycles. The molecule has 3 rings (SSSR count). The summed E-state index contributed by atoms with van der Waals surface area (Å²) in [5, 5.41) is 22.3. The lowest BCUT2D eigenvalue weighted by molar-refractivity contribution is 0.0827. The van der Waals surface area contributed by atoms with Crippen molar-refractivity contribution in [3.05, 3.63) is 46.8 Å². The van der Waals surface area contributed by atoms with E-state index in [1.807, 2.05) is 0 Å². The number of rotatable bonds is 3. The maximum absolute atomic E-state index is 13.0. The molecule has 0 radical (unpaired) electrons. The first-order valence-corrected chi connectivity index (χ1v) is 10.7. The molecule has 0 spiro atoms. The number of aromatic nitrogens is 1. The smallest absolute Gasteiger partial charge is 0.272 e. The van der Waals surface area contributed by atoms with Crippen LogP contribution >= 0.6 is 0 Å². The number of aryl methyl sites for hydroxylation is 2. The molecule has 1 amide bonds. The quantitative estimate of drug-likeness (QED) is 0.641. The number of hydrogen-bond donors (Lipinski definition) is 3. The van der Waals surface area contributed by atoms with Crippen molar-refractivity contribution in [3.8, 4) is 18.4 Å². The molecular formula is C21H22N4O4S. The number of hydrogen-bond acceptors (Lipinski definition) is 5. The standard InChI is InChI=1S/C21H22N4O4S/c1-5-21(3,27)18-9-8-16-17(30(28,29)24-18)12-25(4)19(16)20(26)23-15-7-6-13(2)14(10-15)11-22/h1,6-7,10,12,18,24,27H,8-9H2,2-4H3,(H,23,26)/t18-,21+/m1/s1. The Bertz CT molecular complexity index is 1210. The minimum absolute atomic E-state index is 0.0212. The van der Waals surface area contributed by atoms with Crippen molar-refractivity contribution in [1.29, 1.82) is 5.26 Å². The highest BCUT2D eigenvalue weighted by molar-refractivity contribution is 7.89. The average molecular weight is 426 g/mol. The Morgan fingerprint density at radius 3 is 2.80 bits per heavy atom. The van der Waals surface area contributed by atoms with Gasteiger partial charge < -0.3 is 15.0 Å². The van der Waals surface area contributed by atoms with Gasteiger partial charge in [0.1, 0.15) is 16.2 Å². The highest BCUT2D eigenvalue weighted by atomic mass is 32.2. The first-order chi connectivity index (χ1) is 14.0. The Labute approximate surface area is 175 Å². The third kappa shape index (κ3) is 3.83. The van der Waals surface area contributed by atoms with Crippen molar-refractivity contribution in [2.24, 2.45) is 7.05 Å². The molecule has 1 aliphatic heterocycles. The Balaban J connectivity index is 1.99. The zero-order chi connectivity index (χ0) is 22.3. The van der Waals surface area contributed by atoms with Crippen molar-refractivity contribution < 1.29 is 18.3 Å². The van der Waals surface area contributed by atoms with E-state index >= 15 is 0 Å². The number of nitriles is 1. The molecule has 2 heterocycles. The van der Waals surface area contributed by atoms with Crippen molar-refractivity contribution in [2.45, 2.75) is 43.2 Å². The summed E-state index contributed by atoms with van der Waals surface area (Å²) in [7, 11) is -2.41. The van der Waals surface area contributed by atoms with Crippen LogP contribution in [0.2, 0.25) is 0 Å². The minimum atomic E-state index is -3.99. The summed E-state index contributed by atoms with van der Waals surface area (Å²) in [6.07, 6.45) is 7.17. The van der Waals surface area contributed by atoms with Crippen molar-refractivity contribution in [3.63, 3.8) is 0 Å². The second-order valence-electron chi connectivity index (χ2n) is 7.53. The van der Waals surface area contributed by atoms with E-state index in [1.165, 1.54) is 17.7 Å². The zero-order valence-electron chi connectivity index (χ0n) is 16.9. The number of sulfonamides is 1. The number of benzene rings is 1. The van der Waals surface area contributed by atoms with Gasteiger partial charge >= 0.3 is 0 Å². The fraction of sp³-hybridized carbons (Fsp3) is 0.333. The molecule has 3 N–H and O–H groups in total. The maximum Gasteiger partial charge on any atom is 0.272 e. The summed E-state index contributed by atoms with van der Waals surface area (Å²) >= 11 is 0. The van der Waals surface area contributed by atoms with Crippen LogP contribution in [0.15, 0.2) is 29.3 Å². The van der Waals surface area contributed by atoms with Gasteiger partial charge in [-0.25, -0.2) is 13.1 Å². The van der Waals surface area contributed by atoms with Crippen LogP contribution in [0.4, 0.5) is 5.69 Å². The van der Waals surface area contributed by atoms with Gasteiger partial charge in [0.25, 0.3) is 5.91 Å². The Morgan fingerprint density at radius 1 is 1.47 bits per heavy atom. The number of nitrogens with one attached hydrogen (secondary N) is 2. The normalized spacial score (nSPS) is 19.5. The molecule has 0 bridgehead atoms. The van der Waals surface area contributed by atoms with Gasteiger partial charge in [0.05, 0.1) is 17.7 Å². The molecule has 1 aromatic heterocycles. The predicted octanol–water partition coefficient (Wildman–Crippen LogP) is 1.43. The third-order valence-corrected chi connectivity index (χ3v) is 6.84. The van der Waals surface area contributed by atoms with Gasteiger partial charge in [-0.15, -0.1) is 6.42 Å². The first kappa shape index (κ1) is 21.6. The molecule has 2 aromatic rings. The van der Waals surface area contributed by atoms with Gasteiger partial charge in [-0.05, 0) is 44.4 Å². The van der Waals surface area contributed by atoms with Gasteiger partial charge in [-0.1, -0.05) is 12.0 Å². The molecule has 1 aromatic carbocycles. The largest absolute Gasteiger partial charge is 0.376 e. The van der Waals surface area contributed by atoms with E-state index in [1.54, 1.807) is 32.2 Å². The summed E-state index contributed by atoms with van der Waals surface area (Å²) in [6, 6.07) is 6.13. The molecule has 2 atom stereocenters. The van der Waals surface area contributed by atoms with Gasteiger partial charge in [0.2, 0.25) is 10.0 Å². The van der Waals surface area contributed by atoms with Crippen LogP contribution in [0.1, 0.15) is 40.5 Å². The molecule has 0 fully saturated rings. The number of carbonyl (C=O) groups is 1. The summed E-state index contributed by atoms with van der Waals surface area (Å²) in [5.74, 6) is 1.71. The van der Waals surface area contributed by atoms with E-state index in [0.717, 1.165) is 5.56 Å². The Morgan fingerprint density at radius 2 is 2.17 bits per heavy atom. The van der Waals surface area contributed by atoms with Gasteiger partial charge in [0.15, 0.2) is 0 Å². The van der Waals surface area contributed by atoms with Crippen molar-refractivity contribution >= 4 is 21.6 Å². The topological polar surface area (TPSA) is 124 Å². The second kappa shape index (κ2) is 7.62. The van der Waals surface area contributed by atoms with Crippen LogP contribution < -0.4 is 10.0 Å². The van der Waals surface area contributed by atoms with Crippen LogP contribution in [-0.2, 0) is 23.5 Å². The highest BCUT2D eigenvalue weighted by Crippen LogP contribution is 2.30. The van der Waals surface area contributed by atoms with E-state index in [2.05, 4.69) is 22.0 Å². The molecule has 0 aliphatic carbocycles. The summed E-state index contributed by atoms with van der Waals surface area (Å²) in [4.78, 5) is 13.0. The van der Waals surface area contributed by atoms with Crippen LogP contribution in [0.25, 0.3) is 0 Å². The number of nitrogens with zero attached hydrogens (tertiary/aromatic N) is 2. The van der Waals surface area contributed by atoms with Crippen LogP contribution in [0.3, 0.4) is 0 Å². The van der Waals surface area contributed by atoms with Crippen LogP contribution in [-0.4, -0.2) is 35.6 Å². The van der Waals surface area contributed by atoms with Gasteiger partial charge in [-0.3, -0.25) is 4.79 Å². The second-order valence-corrected chi connectivity index (χ2v) is 9.21. The summed E-state index contributed by atoms with van der Waals surface area (Å²) in [5.41, 5.74) is 0.522. The number of amides is 1. The number of terminal acetylenes is 1. The zero-order valence-corrected chi connectivity index (χ0v) is 17.7. The predicted molar refractivity (Wildman–Crippen MR) is 111 cm³/mol. The monoisotopic (exact) mass is 426 g/mol. The molecule has 0 saturated carbocycles. The Kier molecular flexibility index (Phi) is 5.48. The summed E-state index contributed by atoms with van der Waals surface area (Å²) in [6.45, 7) is 3.16. The lowest BCUT2D eigenvalue weighted by Gasteiger charge is -2.27. The highest BCUT2D eigenvalue weighted by Gasteiger charge is 2.39. The molecule has 0 unspecified atom stereocenters. The Hall–Kier alpha value is -3.11. The van der Waals surface area contributed by atoms with Gasteiger partial charge in [-0.2, -0.15) is 5.26 Å². The molecule has 8 nitrogen and oxygen atoms in total. The molecule has 30 heavy (non-hydrogen) atoms. The maximum atomic E-state index is 13.0. The molecule has 156 valence electrons. The minimum Gasteiger partial charge on any atom is -0.376 e. The molecule has 9 heteroatoms. The number of carbonyl (C=O) groups excluding carboxylic acids is 1. The fourth-order valence-corrected chi connectivity index (χ4v) is 5.19. The molecular weight excluding hydrogens is 404 g/mol. The van der Waals surface area contributed by atoms with Crippen molar-refractivity contribution in [1.82, 2.24) is 9.29 Å².